The first-order chi connectivity index (χ1) is 8.16. The average Bonchev–Trinajstić information content (AvgIpc) is 2.80. The molecule has 4 nitrogen and oxygen atoms in total. The number of amidine groups is 1. The van der Waals surface area contributed by atoms with Crippen LogP contribution in [0.1, 0.15) is 24.0 Å². The molecule has 0 aliphatic carbocycles. The van der Waals surface area contributed by atoms with Gasteiger partial charge < -0.3 is 15.2 Å². The third-order valence-electron chi connectivity index (χ3n) is 2.93. The fraction of sp³-hybridized carbons (Fsp3) is 0.462. The maximum Gasteiger partial charge on any atom is 0.122 e. The van der Waals surface area contributed by atoms with Crippen LogP contribution in [0.25, 0.3) is 0 Å². The van der Waals surface area contributed by atoms with Crippen LogP contribution < -0.4 is 10.5 Å². The molecule has 1 aliphatic heterocycles. The minimum atomic E-state index is 0.0822. The predicted octanol–water partition coefficient (Wildman–Crippen LogP) is 1.84. The Morgan fingerprint density at radius 2 is 2.41 bits per heavy atom. The lowest BCUT2D eigenvalue weighted by atomic mass is 10.1. The zero-order valence-corrected chi connectivity index (χ0v) is 10.0. The number of nitrogens with one attached hydrogen (secondary N) is 1. The van der Waals surface area contributed by atoms with Crippen molar-refractivity contribution in [3.63, 3.8) is 0 Å². The minimum absolute atomic E-state index is 0.0822. The van der Waals surface area contributed by atoms with Gasteiger partial charge in [-0.1, -0.05) is 0 Å². The van der Waals surface area contributed by atoms with Crippen LogP contribution in [0.3, 0.4) is 0 Å². The second-order valence-corrected chi connectivity index (χ2v) is 4.34. The quantitative estimate of drug-likeness (QED) is 0.617. The third-order valence-corrected chi connectivity index (χ3v) is 2.93. The van der Waals surface area contributed by atoms with Gasteiger partial charge in [0.05, 0.1) is 6.10 Å². The molecular weight excluding hydrogens is 216 g/mol. The van der Waals surface area contributed by atoms with Crippen molar-refractivity contribution in [2.75, 3.05) is 13.2 Å². The Kier molecular flexibility index (Phi) is 3.64. The van der Waals surface area contributed by atoms with Gasteiger partial charge in [-0.2, -0.15) is 0 Å². The lowest BCUT2D eigenvalue weighted by Gasteiger charge is -2.13. The summed E-state index contributed by atoms with van der Waals surface area (Å²) in [5, 5.41) is 7.36. The first-order valence-electron chi connectivity index (χ1n) is 5.86. The second-order valence-electron chi connectivity index (χ2n) is 4.34. The fourth-order valence-corrected chi connectivity index (χ4v) is 1.94. The fourth-order valence-electron chi connectivity index (χ4n) is 1.94. The summed E-state index contributed by atoms with van der Waals surface area (Å²) >= 11 is 0. The molecule has 1 aliphatic rings. The lowest BCUT2D eigenvalue weighted by molar-refractivity contribution is 0.0677. The molecule has 0 saturated carbocycles. The van der Waals surface area contributed by atoms with E-state index in [0.717, 1.165) is 36.3 Å². The highest BCUT2D eigenvalue weighted by molar-refractivity contribution is 5.95. The van der Waals surface area contributed by atoms with Gasteiger partial charge in [-0.15, -0.1) is 0 Å². The van der Waals surface area contributed by atoms with Crippen LogP contribution in [0.4, 0.5) is 0 Å². The number of benzene rings is 1. The Bertz CT molecular complexity index is 412. The van der Waals surface area contributed by atoms with Crippen molar-refractivity contribution in [1.29, 1.82) is 5.41 Å². The normalized spacial score (nSPS) is 19.2. The summed E-state index contributed by atoms with van der Waals surface area (Å²) in [4.78, 5) is 0. The Morgan fingerprint density at radius 3 is 3.00 bits per heavy atom. The van der Waals surface area contributed by atoms with E-state index < -0.39 is 0 Å². The van der Waals surface area contributed by atoms with Gasteiger partial charge in [-0.3, -0.25) is 5.41 Å². The van der Waals surface area contributed by atoms with E-state index in [9.17, 15) is 0 Å². The Morgan fingerprint density at radius 1 is 1.59 bits per heavy atom. The van der Waals surface area contributed by atoms with Gasteiger partial charge in [-0.25, -0.2) is 0 Å². The Labute approximate surface area is 101 Å². The van der Waals surface area contributed by atoms with Gasteiger partial charge in [0.15, 0.2) is 0 Å². The van der Waals surface area contributed by atoms with Crippen LogP contribution >= 0.6 is 0 Å². The van der Waals surface area contributed by atoms with Crippen molar-refractivity contribution in [3.8, 4) is 5.75 Å². The van der Waals surface area contributed by atoms with Crippen LogP contribution in [-0.4, -0.2) is 25.2 Å². The smallest absolute Gasteiger partial charge is 0.122 e. The summed E-state index contributed by atoms with van der Waals surface area (Å²) in [5.74, 6) is 0.921. The summed E-state index contributed by atoms with van der Waals surface area (Å²) in [5.41, 5.74) is 7.15. The number of ether oxygens (including phenoxy) is 2. The monoisotopic (exact) mass is 234 g/mol. The Hall–Kier alpha value is -1.55. The van der Waals surface area contributed by atoms with Gasteiger partial charge in [-0.05, 0) is 43.5 Å². The van der Waals surface area contributed by atoms with E-state index in [-0.39, 0.29) is 11.9 Å². The van der Waals surface area contributed by atoms with Crippen molar-refractivity contribution in [1.82, 2.24) is 0 Å². The number of hydrogen-bond donors (Lipinski definition) is 2. The maximum absolute atomic E-state index is 7.36. The van der Waals surface area contributed by atoms with Crippen LogP contribution in [0.2, 0.25) is 0 Å². The third kappa shape index (κ3) is 2.97. The largest absolute Gasteiger partial charge is 0.491 e. The standard InChI is InChI=1S/C13H18N2O2/c1-9-7-10(13(14)15)4-5-12(9)17-8-11-3-2-6-16-11/h4-5,7,11H,2-3,6,8H2,1H3,(H3,14,15). The molecule has 0 aromatic heterocycles. The molecule has 0 spiro atoms. The molecule has 2 rings (SSSR count). The predicted molar refractivity (Wildman–Crippen MR) is 66.7 cm³/mol. The summed E-state index contributed by atoms with van der Waals surface area (Å²) < 4.78 is 11.2. The minimum Gasteiger partial charge on any atom is -0.491 e. The lowest BCUT2D eigenvalue weighted by Crippen LogP contribution is -2.17. The van der Waals surface area contributed by atoms with Gasteiger partial charge in [0.2, 0.25) is 0 Å². The molecule has 0 bridgehead atoms. The van der Waals surface area contributed by atoms with Gasteiger partial charge in [0.1, 0.15) is 18.2 Å². The van der Waals surface area contributed by atoms with Crippen LogP contribution in [0.15, 0.2) is 18.2 Å². The number of nitrogen functional groups attached to an aromatic ring is 1. The van der Waals surface area contributed by atoms with E-state index in [0.29, 0.717) is 6.61 Å². The number of hydrogen-bond acceptors (Lipinski definition) is 3. The first-order valence-corrected chi connectivity index (χ1v) is 5.86. The van der Waals surface area contributed by atoms with Crippen LogP contribution in [0.5, 0.6) is 5.75 Å². The molecule has 1 atom stereocenters. The van der Waals surface area contributed by atoms with E-state index >= 15 is 0 Å². The molecule has 1 aromatic rings. The van der Waals surface area contributed by atoms with E-state index in [1.54, 1.807) is 6.07 Å². The molecule has 1 unspecified atom stereocenters. The number of aryl methyl sites for hydroxylation is 1. The molecule has 0 amide bonds. The van der Waals surface area contributed by atoms with Crippen molar-refractivity contribution in [2.24, 2.45) is 5.73 Å². The molecule has 1 heterocycles. The molecule has 17 heavy (non-hydrogen) atoms. The van der Waals surface area contributed by atoms with Crippen molar-refractivity contribution in [2.45, 2.75) is 25.9 Å². The Balaban J connectivity index is 1.98. The first kappa shape index (κ1) is 11.9. The van der Waals surface area contributed by atoms with E-state index in [4.69, 9.17) is 20.6 Å². The van der Waals surface area contributed by atoms with Crippen LogP contribution in [-0.2, 0) is 4.74 Å². The topological polar surface area (TPSA) is 68.3 Å². The second kappa shape index (κ2) is 5.19. The summed E-state index contributed by atoms with van der Waals surface area (Å²) in [6.07, 6.45) is 2.42. The SMILES string of the molecule is Cc1cc(C(=N)N)ccc1OCC1CCCO1. The van der Waals surface area contributed by atoms with E-state index in [2.05, 4.69) is 0 Å². The van der Waals surface area contributed by atoms with Crippen LogP contribution in [0, 0.1) is 12.3 Å². The number of nitrogens with two attached hydrogens (primary N) is 1. The molecular formula is C13H18N2O2. The zero-order valence-electron chi connectivity index (χ0n) is 10.0. The molecule has 1 fully saturated rings. The molecule has 4 heteroatoms. The van der Waals surface area contributed by atoms with Crippen molar-refractivity contribution < 1.29 is 9.47 Å². The van der Waals surface area contributed by atoms with E-state index in [1.807, 2.05) is 19.1 Å². The highest BCUT2D eigenvalue weighted by Crippen LogP contribution is 2.21. The molecule has 0 radical (unpaired) electrons. The molecule has 1 saturated heterocycles. The van der Waals surface area contributed by atoms with Gasteiger partial charge in [0, 0.05) is 12.2 Å². The summed E-state index contributed by atoms with van der Waals surface area (Å²) in [6, 6.07) is 5.54. The van der Waals surface area contributed by atoms with Gasteiger partial charge in [0.25, 0.3) is 0 Å². The molecule has 3 N–H and O–H groups in total. The average molecular weight is 234 g/mol. The maximum atomic E-state index is 7.36. The van der Waals surface area contributed by atoms with Crippen molar-refractivity contribution >= 4 is 5.84 Å². The summed E-state index contributed by atoms with van der Waals surface area (Å²) in [7, 11) is 0. The summed E-state index contributed by atoms with van der Waals surface area (Å²) in [6.45, 7) is 3.40. The molecule has 92 valence electrons. The highest BCUT2D eigenvalue weighted by Gasteiger charge is 2.16. The van der Waals surface area contributed by atoms with Crippen molar-refractivity contribution in [3.05, 3.63) is 29.3 Å². The van der Waals surface area contributed by atoms with Gasteiger partial charge >= 0.3 is 0 Å². The zero-order chi connectivity index (χ0) is 12.3. The van der Waals surface area contributed by atoms with E-state index in [1.165, 1.54) is 0 Å². The number of rotatable bonds is 4. The highest BCUT2D eigenvalue weighted by atomic mass is 16.5. The molecule has 1 aromatic carbocycles.